The van der Waals surface area contributed by atoms with Crippen molar-refractivity contribution in [2.75, 3.05) is 17.7 Å². The molecule has 0 radical (unpaired) electrons. The normalized spacial score (nSPS) is 14.9. The first kappa shape index (κ1) is 15.5. The Balaban J connectivity index is 3.01. The highest BCUT2D eigenvalue weighted by atomic mass is 19.4. The van der Waals surface area contributed by atoms with Gasteiger partial charge >= 0.3 is 6.18 Å². The van der Waals surface area contributed by atoms with Gasteiger partial charge in [0.25, 0.3) is 0 Å². The maximum atomic E-state index is 12.7. The van der Waals surface area contributed by atoms with E-state index >= 15 is 0 Å². The molecule has 0 saturated carbocycles. The second-order valence-electron chi connectivity index (χ2n) is 4.53. The molecule has 1 rings (SSSR count). The van der Waals surface area contributed by atoms with E-state index in [1.54, 1.807) is 0 Å². The molecule has 0 saturated heterocycles. The Labute approximate surface area is 110 Å². The van der Waals surface area contributed by atoms with Crippen LogP contribution in [0.5, 0.6) is 0 Å². The molecule has 1 aromatic rings. The van der Waals surface area contributed by atoms with Gasteiger partial charge in [0, 0.05) is 19.2 Å². The van der Waals surface area contributed by atoms with Crippen LogP contribution in [0.3, 0.4) is 0 Å². The molecule has 2 N–H and O–H groups in total. The van der Waals surface area contributed by atoms with Crippen LogP contribution in [0, 0.1) is 5.92 Å². The van der Waals surface area contributed by atoms with E-state index in [4.69, 9.17) is 0 Å². The van der Waals surface area contributed by atoms with Crippen molar-refractivity contribution < 1.29 is 13.2 Å². The van der Waals surface area contributed by atoms with Gasteiger partial charge < -0.3 is 10.6 Å². The summed E-state index contributed by atoms with van der Waals surface area (Å²) in [5.41, 5.74) is -0.953. The van der Waals surface area contributed by atoms with Crippen LogP contribution in [0.4, 0.5) is 24.9 Å². The molecular formula is C12H19F3N4. The van der Waals surface area contributed by atoms with Crippen LogP contribution in [0.1, 0.15) is 32.9 Å². The lowest BCUT2D eigenvalue weighted by atomic mass is 10.0. The van der Waals surface area contributed by atoms with Gasteiger partial charge in [0.05, 0.1) is 0 Å². The Bertz CT molecular complexity index is 420. The fraction of sp³-hybridized carbons (Fsp3) is 0.667. The van der Waals surface area contributed by atoms with Crippen molar-refractivity contribution in [1.29, 1.82) is 0 Å². The number of alkyl halides is 3. The van der Waals surface area contributed by atoms with E-state index < -0.39 is 11.9 Å². The zero-order chi connectivity index (χ0) is 14.6. The van der Waals surface area contributed by atoms with Gasteiger partial charge in [0.2, 0.25) is 5.95 Å². The Hall–Kier alpha value is -1.53. The Morgan fingerprint density at radius 1 is 1.26 bits per heavy atom. The van der Waals surface area contributed by atoms with E-state index in [9.17, 15) is 13.2 Å². The highest BCUT2D eigenvalue weighted by Crippen LogP contribution is 2.30. The Kier molecular flexibility index (Phi) is 4.97. The van der Waals surface area contributed by atoms with Crippen LogP contribution in [0.15, 0.2) is 6.07 Å². The number of anilines is 2. The van der Waals surface area contributed by atoms with Gasteiger partial charge in [-0.15, -0.1) is 0 Å². The van der Waals surface area contributed by atoms with E-state index in [0.29, 0.717) is 5.92 Å². The lowest BCUT2D eigenvalue weighted by Crippen LogP contribution is -2.24. The van der Waals surface area contributed by atoms with E-state index in [2.05, 4.69) is 20.6 Å². The van der Waals surface area contributed by atoms with Gasteiger partial charge in [-0.05, 0) is 12.8 Å². The number of nitrogens with one attached hydrogen (secondary N) is 2. The molecule has 1 aromatic heterocycles. The maximum Gasteiger partial charge on any atom is 0.433 e. The first-order chi connectivity index (χ1) is 8.77. The average Bonchev–Trinajstić information content (AvgIpc) is 2.36. The second-order valence-corrected chi connectivity index (χ2v) is 4.53. The van der Waals surface area contributed by atoms with Gasteiger partial charge in [-0.25, -0.2) is 4.98 Å². The van der Waals surface area contributed by atoms with Gasteiger partial charge in [0.1, 0.15) is 5.82 Å². The molecule has 7 heteroatoms. The van der Waals surface area contributed by atoms with Gasteiger partial charge in [-0.3, -0.25) is 0 Å². The van der Waals surface area contributed by atoms with Crippen molar-refractivity contribution in [3.05, 3.63) is 11.8 Å². The maximum absolute atomic E-state index is 12.7. The Morgan fingerprint density at radius 3 is 2.37 bits per heavy atom. The van der Waals surface area contributed by atoms with Crippen LogP contribution in [0.2, 0.25) is 0 Å². The fourth-order valence-electron chi connectivity index (χ4n) is 1.51. The lowest BCUT2D eigenvalue weighted by molar-refractivity contribution is -0.141. The molecule has 0 aliphatic heterocycles. The third kappa shape index (κ3) is 4.25. The number of halogens is 3. The minimum absolute atomic E-state index is 0.0330. The highest BCUT2D eigenvalue weighted by molar-refractivity contribution is 5.43. The van der Waals surface area contributed by atoms with Crippen molar-refractivity contribution in [2.45, 2.75) is 39.4 Å². The zero-order valence-corrected chi connectivity index (χ0v) is 11.5. The van der Waals surface area contributed by atoms with Crippen LogP contribution in [-0.2, 0) is 6.18 Å². The van der Waals surface area contributed by atoms with E-state index in [1.165, 1.54) is 7.05 Å². The summed E-state index contributed by atoms with van der Waals surface area (Å²) in [7, 11) is 1.48. The molecule has 0 aromatic carbocycles. The first-order valence-electron chi connectivity index (χ1n) is 6.18. The molecule has 0 aliphatic carbocycles. The lowest BCUT2D eigenvalue weighted by Gasteiger charge is -2.21. The van der Waals surface area contributed by atoms with Crippen molar-refractivity contribution in [1.82, 2.24) is 9.97 Å². The van der Waals surface area contributed by atoms with Crippen molar-refractivity contribution in [2.24, 2.45) is 5.92 Å². The standard InChI is InChI=1S/C12H19F3N4/c1-5-7(2)8(3)17-10-6-9(12(13,14)15)18-11(16-4)19-10/h6-8H,5H2,1-4H3,(H2,16,17,18,19). The summed E-state index contributed by atoms with van der Waals surface area (Å²) in [4.78, 5) is 7.40. The van der Waals surface area contributed by atoms with Crippen molar-refractivity contribution >= 4 is 11.8 Å². The largest absolute Gasteiger partial charge is 0.433 e. The summed E-state index contributed by atoms with van der Waals surface area (Å²) in [6, 6.07) is 0.963. The van der Waals surface area contributed by atoms with E-state index in [1.807, 2.05) is 20.8 Å². The van der Waals surface area contributed by atoms with E-state index in [0.717, 1.165) is 12.5 Å². The minimum atomic E-state index is -4.48. The summed E-state index contributed by atoms with van der Waals surface area (Å²) < 4.78 is 38.1. The predicted molar refractivity (Wildman–Crippen MR) is 69.1 cm³/mol. The third-order valence-electron chi connectivity index (χ3n) is 3.11. The monoisotopic (exact) mass is 276 g/mol. The predicted octanol–water partition coefficient (Wildman–Crippen LogP) is 3.38. The molecule has 0 aliphatic rings. The fourth-order valence-corrected chi connectivity index (χ4v) is 1.51. The van der Waals surface area contributed by atoms with Gasteiger partial charge in [-0.1, -0.05) is 20.3 Å². The molecule has 19 heavy (non-hydrogen) atoms. The average molecular weight is 276 g/mol. The molecule has 0 spiro atoms. The molecule has 1 heterocycles. The minimum Gasteiger partial charge on any atom is -0.367 e. The Morgan fingerprint density at radius 2 is 1.89 bits per heavy atom. The topological polar surface area (TPSA) is 49.8 Å². The summed E-state index contributed by atoms with van der Waals surface area (Å²) in [6.07, 6.45) is -3.55. The molecule has 0 fully saturated rings. The zero-order valence-electron chi connectivity index (χ0n) is 11.5. The summed E-state index contributed by atoms with van der Waals surface area (Å²) >= 11 is 0. The van der Waals surface area contributed by atoms with Crippen molar-refractivity contribution in [3.8, 4) is 0 Å². The summed E-state index contributed by atoms with van der Waals surface area (Å²) in [6.45, 7) is 5.98. The van der Waals surface area contributed by atoms with Gasteiger partial charge in [0.15, 0.2) is 5.69 Å². The molecular weight excluding hydrogens is 257 g/mol. The summed E-state index contributed by atoms with van der Waals surface area (Å²) in [5.74, 6) is 0.468. The highest BCUT2D eigenvalue weighted by Gasteiger charge is 2.33. The number of nitrogens with zero attached hydrogens (tertiary/aromatic N) is 2. The van der Waals surface area contributed by atoms with E-state index in [-0.39, 0.29) is 17.8 Å². The quantitative estimate of drug-likeness (QED) is 0.865. The van der Waals surface area contributed by atoms with Crippen LogP contribution in [0.25, 0.3) is 0 Å². The smallest absolute Gasteiger partial charge is 0.367 e. The molecule has 2 atom stereocenters. The molecule has 0 bridgehead atoms. The molecule has 2 unspecified atom stereocenters. The third-order valence-corrected chi connectivity index (χ3v) is 3.11. The number of hydrogen-bond acceptors (Lipinski definition) is 4. The second kappa shape index (κ2) is 6.08. The van der Waals surface area contributed by atoms with Crippen LogP contribution < -0.4 is 10.6 Å². The molecule has 4 nitrogen and oxygen atoms in total. The molecule has 0 amide bonds. The van der Waals surface area contributed by atoms with Gasteiger partial charge in [-0.2, -0.15) is 18.2 Å². The van der Waals surface area contributed by atoms with Crippen LogP contribution in [-0.4, -0.2) is 23.1 Å². The number of aromatic nitrogens is 2. The van der Waals surface area contributed by atoms with Crippen molar-refractivity contribution in [3.63, 3.8) is 0 Å². The first-order valence-corrected chi connectivity index (χ1v) is 6.18. The van der Waals surface area contributed by atoms with Crippen LogP contribution >= 0.6 is 0 Å². The molecule has 108 valence electrons. The number of hydrogen-bond donors (Lipinski definition) is 2. The summed E-state index contributed by atoms with van der Waals surface area (Å²) in [5, 5.41) is 5.52. The number of rotatable bonds is 5. The SMILES string of the molecule is CCC(C)C(C)Nc1cc(C(F)(F)F)nc(NC)n1.